The molecule has 4 aromatic rings. The second-order valence-corrected chi connectivity index (χ2v) is 12.4. The van der Waals surface area contributed by atoms with Crippen LogP contribution in [0.2, 0.25) is 0 Å². The highest BCUT2D eigenvalue weighted by molar-refractivity contribution is 6.05. The Morgan fingerprint density at radius 1 is 1.08 bits per heavy atom. The Kier molecular flexibility index (Phi) is 8.84. The lowest BCUT2D eigenvalue weighted by Crippen LogP contribution is -2.49. The number of anilines is 3. The number of alkyl halides is 2. The van der Waals surface area contributed by atoms with Crippen molar-refractivity contribution in [1.82, 2.24) is 30.0 Å². The molecule has 5 heterocycles. The van der Waals surface area contributed by atoms with Gasteiger partial charge in [0.2, 0.25) is 11.8 Å². The minimum absolute atomic E-state index is 0.0472. The molecule has 1 aliphatic carbocycles. The third-order valence-electron chi connectivity index (χ3n) is 8.84. The minimum atomic E-state index is -2.89. The van der Waals surface area contributed by atoms with Crippen LogP contribution in [-0.2, 0) is 11.3 Å². The number of nitrogens with zero attached hydrogens (tertiary/aromatic N) is 6. The number of imide groups is 1. The number of nitrogens with one attached hydrogen (secondary N) is 3. The SMILES string of the molecule is O=C1CCN(c2cccc(CN3CCC(n4cc(NC(=O)c5coc(-c6ccnc(NCC7CC7)c6)n5)c(C(F)F)n4)CC3)c2)C(=O)N1. The van der Waals surface area contributed by atoms with E-state index in [0.717, 1.165) is 17.8 Å². The summed E-state index contributed by atoms with van der Waals surface area (Å²) >= 11 is 0. The fourth-order valence-electron chi connectivity index (χ4n) is 6.01. The zero-order valence-corrected chi connectivity index (χ0v) is 26.1. The van der Waals surface area contributed by atoms with Crippen LogP contribution in [0.15, 0.2) is 59.5 Å². The summed E-state index contributed by atoms with van der Waals surface area (Å²) in [6.45, 7) is 3.23. The predicted molar refractivity (Wildman–Crippen MR) is 172 cm³/mol. The van der Waals surface area contributed by atoms with Crippen LogP contribution in [0, 0.1) is 5.92 Å². The number of hydrogen-bond donors (Lipinski definition) is 3. The largest absolute Gasteiger partial charge is 0.444 e. The van der Waals surface area contributed by atoms with E-state index in [9.17, 15) is 23.2 Å². The first-order chi connectivity index (χ1) is 23.3. The van der Waals surface area contributed by atoms with Crippen LogP contribution >= 0.6 is 0 Å². The molecule has 1 saturated carbocycles. The van der Waals surface area contributed by atoms with Gasteiger partial charge in [-0.15, -0.1) is 0 Å². The highest BCUT2D eigenvalue weighted by atomic mass is 19.3. The van der Waals surface area contributed by atoms with Gasteiger partial charge in [0, 0.05) is 62.8 Å². The molecule has 3 fully saturated rings. The number of aromatic nitrogens is 4. The maximum atomic E-state index is 14.0. The number of benzene rings is 1. The van der Waals surface area contributed by atoms with Crippen molar-refractivity contribution in [1.29, 1.82) is 0 Å². The highest BCUT2D eigenvalue weighted by Gasteiger charge is 2.28. The summed E-state index contributed by atoms with van der Waals surface area (Å²) in [7, 11) is 0. The van der Waals surface area contributed by atoms with Crippen molar-refractivity contribution in [2.75, 3.05) is 41.7 Å². The number of rotatable bonds is 11. The average Bonchev–Trinajstić information content (AvgIpc) is 3.60. The maximum absolute atomic E-state index is 14.0. The molecule has 250 valence electrons. The Hall–Kier alpha value is -5.18. The molecular formula is C33H35F2N9O4. The summed E-state index contributed by atoms with van der Waals surface area (Å²) in [5.41, 5.74) is 1.75. The maximum Gasteiger partial charge on any atom is 0.328 e. The third-order valence-corrected chi connectivity index (χ3v) is 8.84. The number of likely N-dealkylation sites (tertiary alicyclic amines) is 1. The second-order valence-electron chi connectivity index (χ2n) is 12.4. The molecule has 0 bridgehead atoms. The number of carbonyl (C=O) groups excluding carboxylic acids is 3. The summed E-state index contributed by atoms with van der Waals surface area (Å²) in [4.78, 5) is 49.3. The molecule has 0 spiro atoms. The van der Waals surface area contributed by atoms with E-state index in [1.165, 1.54) is 30.0 Å². The first kappa shape index (κ1) is 31.4. The molecule has 3 aromatic heterocycles. The van der Waals surface area contributed by atoms with Crippen LogP contribution in [0.4, 0.5) is 30.8 Å². The van der Waals surface area contributed by atoms with Crippen molar-refractivity contribution in [3.63, 3.8) is 0 Å². The molecule has 7 rings (SSSR count). The number of hydrogen-bond acceptors (Lipinski definition) is 9. The Morgan fingerprint density at radius 2 is 1.92 bits per heavy atom. The molecular weight excluding hydrogens is 624 g/mol. The van der Waals surface area contributed by atoms with Gasteiger partial charge in [-0.05, 0) is 61.4 Å². The number of amides is 4. The van der Waals surface area contributed by atoms with Crippen LogP contribution in [0.25, 0.3) is 11.5 Å². The van der Waals surface area contributed by atoms with Gasteiger partial charge >= 0.3 is 6.03 Å². The number of halogens is 2. The minimum Gasteiger partial charge on any atom is -0.444 e. The Morgan fingerprint density at radius 3 is 2.69 bits per heavy atom. The fraction of sp³-hybridized carbons (Fsp3) is 0.394. The lowest BCUT2D eigenvalue weighted by Gasteiger charge is -2.32. The van der Waals surface area contributed by atoms with Crippen LogP contribution in [0.5, 0.6) is 0 Å². The van der Waals surface area contributed by atoms with Gasteiger partial charge in [0.05, 0.1) is 11.7 Å². The van der Waals surface area contributed by atoms with Gasteiger partial charge < -0.3 is 15.1 Å². The zero-order chi connectivity index (χ0) is 33.2. The van der Waals surface area contributed by atoms with E-state index in [4.69, 9.17) is 4.42 Å². The zero-order valence-electron chi connectivity index (χ0n) is 26.1. The van der Waals surface area contributed by atoms with Crippen molar-refractivity contribution in [3.05, 3.63) is 72.0 Å². The topological polar surface area (TPSA) is 151 Å². The molecule has 2 saturated heterocycles. The standard InChI is InChI=1S/C33H35F2N9O4/c34-30(35)29-25(38-31(46)26-19-48-32(39-26)22-6-10-36-27(15-22)37-16-20-4-5-20)18-44(41-29)23-7-11-42(12-8-23)17-21-2-1-3-24(14-21)43-13-9-28(45)40-33(43)47/h1-3,6,10,14-15,18-20,23,30H,4-5,7-9,11-13,16-17H2,(H,36,37)(H,38,46)(H,40,45,47). The normalized spacial score (nSPS) is 17.5. The summed E-state index contributed by atoms with van der Waals surface area (Å²) in [6.07, 6.45) is 5.41. The van der Waals surface area contributed by atoms with E-state index in [0.29, 0.717) is 56.3 Å². The van der Waals surface area contributed by atoms with Crippen molar-refractivity contribution in [2.24, 2.45) is 5.92 Å². The first-order valence-corrected chi connectivity index (χ1v) is 16.1. The summed E-state index contributed by atoms with van der Waals surface area (Å²) in [5.74, 6) is 0.607. The van der Waals surface area contributed by atoms with Gasteiger partial charge in [-0.25, -0.2) is 23.5 Å². The third kappa shape index (κ3) is 7.20. The van der Waals surface area contributed by atoms with Gasteiger partial charge in [0.1, 0.15) is 12.1 Å². The average molecular weight is 660 g/mol. The Labute approximate surface area is 274 Å². The van der Waals surface area contributed by atoms with Gasteiger partial charge in [-0.1, -0.05) is 12.1 Å². The van der Waals surface area contributed by atoms with E-state index < -0.39 is 24.1 Å². The van der Waals surface area contributed by atoms with Gasteiger partial charge in [0.15, 0.2) is 11.4 Å². The lowest BCUT2D eigenvalue weighted by molar-refractivity contribution is -0.120. The van der Waals surface area contributed by atoms with Crippen LogP contribution in [0.1, 0.15) is 66.3 Å². The van der Waals surface area contributed by atoms with E-state index in [2.05, 4.69) is 35.9 Å². The number of carbonyl (C=O) groups is 3. The smallest absolute Gasteiger partial charge is 0.328 e. The second kappa shape index (κ2) is 13.5. The van der Waals surface area contributed by atoms with Crippen LogP contribution in [-0.4, -0.2) is 68.7 Å². The Bertz CT molecular complexity index is 1810. The predicted octanol–water partition coefficient (Wildman–Crippen LogP) is 5.23. The number of urea groups is 1. The van der Waals surface area contributed by atoms with E-state index in [-0.39, 0.29) is 35.6 Å². The van der Waals surface area contributed by atoms with Gasteiger partial charge in [0.25, 0.3) is 12.3 Å². The molecule has 3 N–H and O–H groups in total. The van der Waals surface area contributed by atoms with Crippen molar-refractivity contribution < 1.29 is 27.6 Å². The molecule has 3 aliphatic rings. The molecule has 1 aromatic carbocycles. The van der Waals surface area contributed by atoms with E-state index >= 15 is 0 Å². The number of pyridine rings is 1. The highest BCUT2D eigenvalue weighted by Crippen LogP contribution is 2.32. The van der Waals surface area contributed by atoms with Crippen molar-refractivity contribution in [3.8, 4) is 11.5 Å². The van der Waals surface area contributed by atoms with E-state index in [1.54, 1.807) is 23.2 Å². The quantitative estimate of drug-likeness (QED) is 0.197. The van der Waals surface area contributed by atoms with E-state index in [1.807, 2.05) is 24.3 Å². The Balaban J connectivity index is 0.962. The molecule has 48 heavy (non-hydrogen) atoms. The van der Waals surface area contributed by atoms with Gasteiger partial charge in [-0.3, -0.25) is 29.4 Å². The molecule has 0 unspecified atom stereocenters. The summed E-state index contributed by atoms with van der Waals surface area (Å²) in [6, 6.07) is 10.6. The molecule has 13 nitrogen and oxygen atoms in total. The molecule has 0 atom stereocenters. The summed E-state index contributed by atoms with van der Waals surface area (Å²) < 4.78 is 35.1. The van der Waals surface area contributed by atoms with Crippen molar-refractivity contribution in [2.45, 2.75) is 51.1 Å². The van der Waals surface area contributed by atoms with Crippen LogP contribution < -0.4 is 20.9 Å². The summed E-state index contributed by atoms with van der Waals surface area (Å²) in [5, 5.41) is 12.4. The fourth-order valence-corrected chi connectivity index (χ4v) is 6.01. The molecule has 2 aliphatic heterocycles. The lowest BCUT2D eigenvalue weighted by atomic mass is 10.0. The van der Waals surface area contributed by atoms with Crippen molar-refractivity contribution >= 4 is 35.0 Å². The first-order valence-electron chi connectivity index (χ1n) is 16.1. The molecule has 0 radical (unpaired) electrons. The van der Waals surface area contributed by atoms with Crippen LogP contribution in [0.3, 0.4) is 0 Å². The monoisotopic (exact) mass is 659 g/mol. The molecule has 4 amide bonds. The van der Waals surface area contributed by atoms with Gasteiger partial charge in [-0.2, -0.15) is 5.10 Å². The molecule has 15 heteroatoms. The number of oxazole rings is 1. The number of piperidine rings is 1.